The van der Waals surface area contributed by atoms with Crippen LogP contribution in [0.3, 0.4) is 0 Å². The topological polar surface area (TPSA) is 15.8 Å². The summed E-state index contributed by atoms with van der Waals surface area (Å²) in [7, 11) is 0. The highest BCUT2D eigenvalue weighted by Gasteiger charge is 2.08. The van der Waals surface area contributed by atoms with Crippen molar-refractivity contribution in [1.29, 1.82) is 0 Å². The molecule has 12 heavy (non-hydrogen) atoms. The lowest BCUT2D eigenvalue weighted by Gasteiger charge is -1.91. The molecule has 0 radical (unpaired) electrons. The third kappa shape index (κ3) is 1.15. The lowest BCUT2D eigenvalue weighted by atomic mass is 10.2. The van der Waals surface area contributed by atoms with Gasteiger partial charge in [-0.1, -0.05) is 35.3 Å². The Kier molecular flexibility index (Phi) is 2.07. The van der Waals surface area contributed by atoms with Crippen LogP contribution in [-0.4, -0.2) is 4.98 Å². The van der Waals surface area contributed by atoms with Crippen molar-refractivity contribution in [2.45, 2.75) is 0 Å². The zero-order chi connectivity index (χ0) is 8.72. The Hall–Kier alpha value is -0.180. The third-order valence-corrected chi connectivity index (χ3v) is 3.11. The molecule has 0 amide bonds. The summed E-state index contributed by atoms with van der Waals surface area (Å²) in [5.74, 6) is 0. The summed E-state index contributed by atoms with van der Waals surface area (Å²) in [5, 5.41) is 2.00. The van der Waals surface area contributed by atoms with Crippen LogP contribution in [0.5, 0.6) is 0 Å². The Morgan fingerprint density at radius 3 is 2.67 bits per heavy atom. The van der Waals surface area contributed by atoms with Crippen molar-refractivity contribution in [2.24, 2.45) is 0 Å². The van der Waals surface area contributed by atoms with Crippen LogP contribution in [0.1, 0.15) is 0 Å². The van der Waals surface area contributed by atoms with Crippen molar-refractivity contribution >= 4 is 50.0 Å². The molecule has 0 atom stereocenters. The lowest BCUT2D eigenvalue weighted by molar-refractivity contribution is 1.46. The van der Waals surface area contributed by atoms with Crippen LogP contribution in [-0.2, 0) is 0 Å². The minimum Gasteiger partial charge on any atom is -0.343 e. The Balaban J connectivity index is 2.95. The van der Waals surface area contributed by atoms with Crippen molar-refractivity contribution in [3.8, 4) is 0 Å². The number of H-pyrrole nitrogens is 1. The molecule has 0 spiro atoms. The van der Waals surface area contributed by atoms with Gasteiger partial charge in [0, 0.05) is 9.86 Å². The SMILES string of the molecule is Clc1[nH]c2c(Br)cccc2c1Cl. The minimum absolute atomic E-state index is 0.485. The monoisotopic (exact) mass is 263 g/mol. The maximum Gasteiger partial charge on any atom is 0.126 e. The summed E-state index contributed by atoms with van der Waals surface area (Å²) in [6.45, 7) is 0. The average Bonchev–Trinajstić information content (AvgIpc) is 2.32. The summed E-state index contributed by atoms with van der Waals surface area (Å²) in [5.41, 5.74) is 0.938. The van der Waals surface area contributed by atoms with Gasteiger partial charge in [0.25, 0.3) is 0 Å². The zero-order valence-electron chi connectivity index (χ0n) is 5.87. The molecule has 0 saturated carbocycles. The van der Waals surface area contributed by atoms with E-state index < -0.39 is 0 Å². The van der Waals surface area contributed by atoms with E-state index in [0.717, 1.165) is 15.4 Å². The van der Waals surface area contributed by atoms with E-state index in [2.05, 4.69) is 20.9 Å². The van der Waals surface area contributed by atoms with Crippen molar-refractivity contribution in [1.82, 2.24) is 4.98 Å². The van der Waals surface area contributed by atoms with Gasteiger partial charge in [-0.15, -0.1) is 0 Å². The van der Waals surface area contributed by atoms with Crippen molar-refractivity contribution in [3.05, 3.63) is 32.8 Å². The van der Waals surface area contributed by atoms with E-state index in [1.165, 1.54) is 0 Å². The van der Waals surface area contributed by atoms with Crippen LogP contribution in [0.25, 0.3) is 10.9 Å². The maximum atomic E-state index is 5.93. The number of aromatic amines is 1. The van der Waals surface area contributed by atoms with Crippen LogP contribution in [0.2, 0.25) is 10.2 Å². The van der Waals surface area contributed by atoms with Crippen molar-refractivity contribution in [2.75, 3.05) is 0 Å². The van der Waals surface area contributed by atoms with Gasteiger partial charge in [0.15, 0.2) is 0 Å². The molecule has 0 unspecified atom stereocenters. The fourth-order valence-corrected chi connectivity index (χ4v) is 1.98. The highest BCUT2D eigenvalue weighted by Crippen LogP contribution is 2.34. The predicted octanol–water partition coefficient (Wildman–Crippen LogP) is 4.24. The lowest BCUT2D eigenvalue weighted by Crippen LogP contribution is -1.68. The van der Waals surface area contributed by atoms with Crippen LogP contribution in [0, 0.1) is 0 Å². The fourth-order valence-electron chi connectivity index (χ4n) is 1.12. The molecule has 0 aliphatic heterocycles. The second-order valence-electron chi connectivity index (χ2n) is 2.42. The maximum absolute atomic E-state index is 5.93. The van der Waals surface area contributed by atoms with Gasteiger partial charge in [-0.05, 0) is 22.0 Å². The molecule has 1 heterocycles. The molecule has 0 bridgehead atoms. The number of rotatable bonds is 0. The molecule has 0 fully saturated rings. The molecule has 4 heteroatoms. The Morgan fingerprint density at radius 1 is 1.25 bits per heavy atom. The van der Waals surface area contributed by atoms with Crippen molar-refractivity contribution in [3.63, 3.8) is 0 Å². The van der Waals surface area contributed by atoms with Gasteiger partial charge in [-0.3, -0.25) is 0 Å². The average molecular weight is 265 g/mol. The molecule has 2 rings (SSSR count). The van der Waals surface area contributed by atoms with E-state index in [9.17, 15) is 0 Å². The van der Waals surface area contributed by atoms with E-state index in [1.54, 1.807) is 0 Å². The number of benzene rings is 1. The highest BCUT2D eigenvalue weighted by atomic mass is 79.9. The van der Waals surface area contributed by atoms with Gasteiger partial charge in [0.2, 0.25) is 0 Å². The number of hydrogen-bond acceptors (Lipinski definition) is 0. The van der Waals surface area contributed by atoms with Gasteiger partial charge in [-0.25, -0.2) is 0 Å². The summed E-state index contributed by atoms with van der Waals surface area (Å²) < 4.78 is 0.966. The van der Waals surface area contributed by atoms with Gasteiger partial charge in [-0.2, -0.15) is 0 Å². The molecule has 1 nitrogen and oxygen atoms in total. The first-order valence-corrected chi connectivity index (χ1v) is 4.86. The van der Waals surface area contributed by atoms with Crippen LogP contribution in [0.4, 0.5) is 0 Å². The minimum atomic E-state index is 0.485. The molecule has 0 saturated heterocycles. The first-order valence-electron chi connectivity index (χ1n) is 3.31. The smallest absolute Gasteiger partial charge is 0.126 e. The van der Waals surface area contributed by atoms with Crippen LogP contribution < -0.4 is 0 Å². The second kappa shape index (κ2) is 2.95. The van der Waals surface area contributed by atoms with E-state index in [4.69, 9.17) is 23.2 Å². The molecule has 2 aromatic rings. The molecule has 1 aromatic heterocycles. The summed E-state index contributed by atoms with van der Waals surface area (Å²) in [6, 6.07) is 5.78. The first kappa shape index (κ1) is 8.42. The highest BCUT2D eigenvalue weighted by molar-refractivity contribution is 9.10. The number of aromatic nitrogens is 1. The molecule has 1 aromatic carbocycles. The fraction of sp³-hybridized carbons (Fsp3) is 0. The van der Waals surface area contributed by atoms with Crippen LogP contribution >= 0.6 is 39.1 Å². The van der Waals surface area contributed by atoms with E-state index >= 15 is 0 Å². The standard InChI is InChI=1S/C8H4BrCl2N/c9-5-3-1-2-4-6(10)8(11)12-7(4)5/h1-3,12H. The van der Waals surface area contributed by atoms with E-state index in [0.29, 0.717) is 10.2 Å². The van der Waals surface area contributed by atoms with Gasteiger partial charge >= 0.3 is 0 Å². The Bertz CT molecular complexity index is 436. The van der Waals surface area contributed by atoms with Gasteiger partial charge in [0.05, 0.1) is 10.5 Å². The third-order valence-electron chi connectivity index (χ3n) is 1.68. The zero-order valence-corrected chi connectivity index (χ0v) is 8.96. The molecular weight excluding hydrogens is 261 g/mol. The number of halogens is 3. The molecular formula is C8H4BrCl2N. The quantitative estimate of drug-likeness (QED) is 0.733. The molecule has 62 valence electrons. The number of nitrogens with one attached hydrogen (secondary N) is 1. The second-order valence-corrected chi connectivity index (χ2v) is 4.03. The summed E-state index contributed by atoms with van der Waals surface area (Å²) >= 11 is 15.1. The van der Waals surface area contributed by atoms with Crippen molar-refractivity contribution < 1.29 is 0 Å². The number of para-hydroxylation sites is 1. The first-order chi connectivity index (χ1) is 5.70. The van der Waals surface area contributed by atoms with E-state index in [-0.39, 0.29) is 0 Å². The molecule has 1 N–H and O–H groups in total. The summed E-state index contributed by atoms with van der Waals surface area (Å²) in [4.78, 5) is 2.98. The normalized spacial score (nSPS) is 10.9. The molecule has 0 aliphatic rings. The molecule has 0 aliphatic carbocycles. The Morgan fingerprint density at radius 2 is 2.00 bits per heavy atom. The number of fused-ring (bicyclic) bond motifs is 1. The van der Waals surface area contributed by atoms with Gasteiger partial charge in [0.1, 0.15) is 5.15 Å². The summed E-state index contributed by atoms with van der Waals surface area (Å²) in [6.07, 6.45) is 0. The van der Waals surface area contributed by atoms with Crippen LogP contribution in [0.15, 0.2) is 22.7 Å². The number of hydrogen-bond donors (Lipinski definition) is 1. The van der Waals surface area contributed by atoms with E-state index in [1.807, 2.05) is 18.2 Å². The predicted molar refractivity (Wildman–Crippen MR) is 56.0 cm³/mol. The largest absolute Gasteiger partial charge is 0.343 e. The van der Waals surface area contributed by atoms with Gasteiger partial charge < -0.3 is 4.98 Å². The Labute approximate surface area is 87.8 Å².